The SMILES string of the molecule is O=C(CS(=O)(=O)c1ccccc1)NCc1cccs1. The summed E-state index contributed by atoms with van der Waals surface area (Å²) in [6.07, 6.45) is 0. The Balaban J connectivity index is 1.95. The topological polar surface area (TPSA) is 63.2 Å². The number of nitrogens with one attached hydrogen (secondary N) is 1. The molecule has 1 aromatic heterocycles. The average Bonchev–Trinajstić information content (AvgIpc) is 2.90. The number of carbonyl (C=O) groups excluding carboxylic acids is 1. The van der Waals surface area contributed by atoms with Crippen LogP contribution in [0, 0.1) is 0 Å². The largest absolute Gasteiger partial charge is 0.350 e. The van der Waals surface area contributed by atoms with Gasteiger partial charge in [0.15, 0.2) is 9.84 Å². The first-order chi connectivity index (χ1) is 9.08. The lowest BCUT2D eigenvalue weighted by Crippen LogP contribution is -2.29. The summed E-state index contributed by atoms with van der Waals surface area (Å²) >= 11 is 1.52. The third-order valence-corrected chi connectivity index (χ3v) is 4.97. The van der Waals surface area contributed by atoms with Gasteiger partial charge in [0.1, 0.15) is 5.75 Å². The molecule has 1 heterocycles. The maximum atomic E-state index is 11.9. The van der Waals surface area contributed by atoms with Crippen molar-refractivity contribution in [2.75, 3.05) is 5.75 Å². The van der Waals surface area contributed by atoms with E-state index in [-0.39, 0.29) is 4.90 Å². The molecule has 0 radical (unpaired) electrons. The number of rotatable bonds is 5. The zero-order chi connectivity index (χ0) is 13.7. The van der Waals surface area contributed by atoms with Gasteiger partial charge in [-0.2, -0.15) is 0 Å². The second kappa shape index (κ2) is 5.99. The Morgan fingerprint density at radius 3 is 2.47 bits per heavy atom. The third-order valence-electron chi connectivity index (χ3n) is 2.46. The molecule has 0 saturated carbocycles. The summed E-state index contributed by atoms with van der Waals surface area (Å²) in [4.78, 5) is 12.8. The molecule has 1 amide bonds. The minimum Gasteiger partial charge on any atom is -0.350 e. The normalized spacial score (nSPS) is 11.2. The molecule has 0 bridgehead atoms. The van der Waals surface area contributed by atoms with E-state index < -0.39 is 21.5 Å². The second-order valence-electron chi connectivity index (χ2n) is 3.93. The van der Waals surface area contributed by atoms with Gasteiger partial charge in [-0.1, -0.05) is 24.3 Å². The fourth-order valence-corrected chi connectivity index (χ4v) is 3.36. The molecular formula is C13H13NO3S2. The van der Waals surface area contributed by atoms with Gasteiger partial charge in [-0.15, -0.1) is 11.3 Å². The van der Waals surface area contributed by atoms with Gasteiger partial charge in [0.2, 0.25) is 5.91 Å². The van der Waals surface area contributed by atoms with E-state index in [1.807, 2.05) is 17.5 Å². The van der Waals surface area contributed by atoms with Crippen LogP contribution in [-0.4, -0.2) is 20.1 Å². The summed E-state index contributed by atoms with van der Waals surface area (Å²) < 4.78 is 23.9. The fourth-order valence-electron chi connectivity index (χ4n) is 1.53. The van der Waals surface area contributed by atoms with Gasteiger partial charge in [-0.3, -0.25) is 4.79 Å². The first-order valence-electron chi connectivity index (χ1n) is 5.65. The van der Waals surface area contributed by atoms with E-state index in [0.29, 0.717) is 6.54 Å². The summed E-state index contributed by atoms with van der Waals surface area (Å²) in [6, 6.07) is 11.7. The molecule has 0 aliphatic rings. The van der Waals surface area contributed by atoms with Gasteiger partial charge in [0, 0.05) is 4.88 Å². The molecule has 0 aliphatic heterocycles. The van der Waals surface area contributed by atoms with Gasteiger partial charge in [0.25, 0.3) is 0 Å². The molecule has 1 aromatic carbocycles. The molecule has 2 rings (SSSR count). The molecule has 0 unspecified atom stereocenters. The van der Waals surface area contributed by atoms with E-state index in [0.717, 1.165) is 4.88 Å². The first-order valence-corrected chi connectivity index (χ1v) is 8.18. The highest BCUT2D eigenvalue weighted by Crippen LogP contribution is 2.10. The average molecular weight is 295 g/mol. The first kappa shape index (κ1) is 13.8. The molecule has 2 aromatic rings. The summed E-state index contributed by atoms with van der Waals surface area (Å²) in [5, 5.41) is 4.51. The van der Waals surface area contributed by atoms with Crippen LogP contribution >= 0.6 is 11.3 Å². The van der Waals surface area contributed by atoms with Crippen molar-refractivity contribution in [1.82, 2.24) is 5.32 Å². The van der Waals surface area contributed by atoms with E-state index in [2.05, 4.69) is 5.32 Å². The van der Waals surface area contributed by atoms with Crippen LogP contribution in [0.1, 0.15) is 4.88 Å². The Kier molecular flexibility index (Phi) is 4.34. The lowest BCUT2D eigenvalue weighted by Gasteiger charge is -2.05. The van der Waals surface area contributed by atoms with E-state index in [1.54, 1.807) is 18.2 Å². The van der Waals surface area contributed by atoms with E-state index >= 15 is 0 Å². The van der Waals surface area contributed by atoms with Gasteiger partial charge in [-0.05, 0) is 23.6 Å². The monoisotopic (exact) mass is 295 g/mol. The van der Waals surface area contributed by atoms with Crippen LogP contribution in [0.15, 0.2) is 52.7 Å². The molecule has 0 aliphatic carbocycles. The number of hydrogen-bond donors (Lipinski definition) is 1. The molecule has 19 heavy (non-hydrogen) atoms. The minimum absolute atomic E-state index is 0.168. The van der Waals surface area contributed by atoms with Crippen LogP contribution in [0.4, 0.5) is 0 Å². The predicted molar refractivity (Wildman–Crippen MR) is 74.7 cm³/mol. The second-order valence-corrected chi connectivity index (χ2v) is 6.95. The van der Waals surface area contributed by atoms with Crippen molar-refractivity contribution in [2.24, 2.45) is 0 Å². The fraction of sp³-hybridized carbons (Fsp3) is 0.154. The summed E-state index contributed by atoms with van der Waals surface area (Å²) in [5.41, 5.74) is 0. The lowest BCUT2D eigenvalue weighted by molar-refractivity contribution is -0.118. The summed E-state index contributed by atoms with van der Waals surface area (Å²) in [5.74, 6) is -1.01. The molecule has 1 N–H and O–H groups in total. The quantitative estimate of drug-likeness (QED) is 0.915. The molecular weight excluding hydrogens is 282 g/mol. The van der Waals surface area contributed by atoms with Gasteiger partial charge in [-0.25, -0.2) is 8.42 Å². The maximum absolute atomic E-state index is 11.9. The summed E-state index contributed by atoms with van der Waals surface area (Å²) in [7, 11) is -3.56. The van der Waals surface area contributed by atoms with E-state index in [4.69, 9.17) is 0 Å². The number of benzene rings is 1. The number of amides is 1. The van der Waals surface area contributed by atoms with Crippen LogP contribution < -0.4 is 5.32 Å². The number of thiophene rings is 1. The van der Waals surface area contributed by atoms with Gasteiger partial charge < -0.3 is 5.32 Å². The Hall–Kier alpha value is -1.66. The highest BCUT2D eigenvalue weighted by atomic mass is 32.2. The lowest BCUT2D eigenvalue weighted by atomic mass is 10.4. The smallest absolute Gasteiger partial charge is 0.235 e. The maximum Gasteiger partial charge on any atom is 0.235 e. The van der Waals surface area contributed by atoms with Crippen molar-refractivity contribution < 1.29 is 13.2 Å². The molecule has 6 heteroatoms. The van der Waals surface area contributed by atoms with Crippen molar-refractivity contribution in [3.63, 3.8) is 0 Å². The molecule has 4 nitrogen and oxygen atoms in total. The molecule has 0 fully saturated rings. The molecule has 0 spiro atoms. The van der Waals surface area contributed by atoms with Crippen LogP contribution in [0.2, 0.25) is 0 Å². The Labute approximate surface area is 116 Å². The molecule has 100 valence electrons. The Morgan fingerprint density at radius 2 is 1.84 bits per heavy atom. The Bertz CT molecular complexity index is 634. The van der Waals surface area contributed by atoms with Crippen molar-refractivity contribution in [1.29, 1.82) is 0 Å². The number of carbonyl (C=O) groups is 1. The van der Waals surface area contributed by atoms with Crippen LogP contribution in [-0.2, 0) is 21.2 Å². The molecule has 0 saturated heterocycles. The zero-order valence-corrected chi connectivity index (χ0v) is 11.7. The van der Waals surface area contributed by atoms with Crippen LogP contribution in [0.5, 0.6) is 0 Å². The summed E-state index contributed by atoms with van der Waals surface area (Å²) in [6.45, 7) is 0.362. The van der Waals surface area contributed by atoms with Crippen molar-refractivity contribution in [2.45, 2.75) is 11.4 Å². The van der Waals surface area contributed by atoms with Crippen molar-refractivity contribution >= 4 is 27.1 Å². The third kappa shape index (κ3) is 3.90. The van der Waals surface area contributed by atoms with Crippen LogP contribution in [0.3, 0.4) is 0 Å². The highest BCUT2D eigenvalue weighted by Gasteiger charge is 2.18. The number of hydrogen-bond acceptors (Lipinski definition) is 4. The van der Waals surface area contributed by atoms with Gasteiger partial charge in [0.05, 0.1) is 11.4 Å². The van der Waals surface area contributed by atoms with Crippen molar-refractivity contribution in [3.05, 3.63) is 52.7 Å². The predicted octanol–water partition coefficient (Wildman–Crippen LogP) is 1.84. The number of sulfone groups is 1. The molecule has 0 atom stereocenters. The van der Waals surface area contributed by atoms with Crippen LogP contribution in [0.25, 0.3) is 0 Å². The highest BCUT2D eigenvalue weighted by molar-refractivity contribution is 7.92. The van der Waals surface area contributed by atoms with E-state index in [9.17, 15) is 13.2 Å². The zero-order valence-electron chi connectivity index (χ0n) is 10.1. The van der Waals surface area contributed by atoms with Crippen molar-refractivity contribution in [3.8, 4) is 0 Å². The standard InChI is InChI=1S/C13H13NO3S2/c15-13(14-9-11-5-4-8-18-11)10-19(16,17)12-6-2-1-3-7-12/h1-8H,9-10H2,(H,14,15). The van der Waals surface area contributed by atoms with Gasteiger partial charge >= 0.3 is 0 Å². The minimum atomic E-state index is -3.56. The van der Waals surface area contributed by atoms with E-state index in [1.165, 1.54) is 23.5 Å². The Morgan fingerprint density at radius 1 is 1.11 bits per heavy atom.